The number of aliphatic hydroxyl groups is 1. The summed E-state index contributed by atoms with van der Waals surface area (Å²) in [5.74, 6) is 0.543. The standard InChI is InChI=1S/C17H20FNO2/c1-13-6-7-16(18)15(10-13)12-19-11-14-4-2-3-5-17(14)21-9-8-20/h2-7,10,19-20H,8-9,11-12H2,1H3. The highest BCUT2D eigenvalue weighted by molar-refractivity contribution is 5.33. The SMILES string of the molecule is Cc1ccc(F)c(CNCc2ccccc2OCCO)c1. The van der Waals surface area contributed by atoms with Crippen molar-refractivity contribution in [3.05, 3.63) is 65.0 Å². The highest BCUT2D eigenvalue weighted by Crippen LogP contribution is 2.18. The van der Waals surface area contributed by atoms with E-state index < -0.39 is 0 Å². The molecule has 2 aromatic rings. The number of hydrogen-bond acceptors (Lipinski definition) is 3. The van der Waals surface area contributed by atoms with Crippen LogP contribution < -0.4 is 10.1 Å². The monoisotopic (exact) mass is 289 g/mol. The van der Waals surface area contributed by atoms with Crippen molar-refractivity contribution in [2.45, 2.75) is 20.0 Å². The van der Waals surface area contributed by atoms with E-state index in [1.165, 1.54) is 6.07 Å². The average molecular weight is 289 g/mol. The summed E-state index contributed by atoms with van der Waals surface area (Å²) in [7, 11) is 0. The van der Waals surface area contributed by atoms with Gasteiger partial charge < -0.3 is 15.2 Å². The van der Waals surface area contributed by atoms with E-state index in [1.54, 1.807) is 6.07 Å². The summed E-state index contributed by atoms with van der Waals surface area (Å²) in [6, 6.07) is 12.7. The number of benzene rings is 2. The topological polar surface area (TPSA) is 41.5 Å². The minimum absolute atomic E-state index is 0.0176. The maximum absolute atomic E-state index is 13.6. The van der Waals surface area contributed by atoms with Crippen molar-refractivity contribution in [1.82, 2.24) is 5.32 Å². The molecule has 0 amide bonds. The van der Waals surface area contributed by atoms with Crippen molar-refractivity contribution < 1.29 is 14.2 Å². The summed E-state index contributed by atoms with van der Waals surface area (Å²) < 4.78 is 19.1. The van der Waals surface area contributed by atoms with Crippen LogP contribution in [0.25, 0.3) is 0 Å². The zero-order valence-corrected chi connectivity index (χ0v) is 12.1. The molecule has 0 aliphatic heterocycles. The van der Waals surface area contributed by atoms with Crippen molar-refractivity contribution in [1.29, 1.82) is 0 Å². The van der Waals surface area contributed by atoms with Gasteiger partial charge in [-0.3, -0.25) is 0 Å². The van der Waals surface area contributed by atoms with Crippen molar-refractivity contribution in [3.63, 3.8) is 0 Å². The Morgan fingerprint density at radius 3 is 2.67 bits per heavy atom. The molecule has 0 saturated carbocycles. The van der Waals surface area contributed by atoms with E-state index in [1.807, 2.05) is 37.3 Å². The highest BCUT2D eigenvalue weighted by atomic mass is 19.1. The number of rotatable bonds is 7. The third-order valence-electron chi connectivity index (χ3n) is 3.15. The lowest BCUT2D eigenvalue weighted by molar-refractivity contribution is 0.200. The first-order valence-electron chi connectivity index (χ1n) is 6.98. The molecule has 2 rings (SSSR count). The fourth-order valence-corrected chi connectivity index (χ4v) is 2.12. The van der Waals surface area contributed by atoms with Crippen LogP contribution >= 0.6 is 0 Å². The van der Waals surface area contributed by atoms with Crippen molar-refractivity contribution >= 4 is 0 Å². The molecule has 2 N–H and O–H groups in total. The number of aryl methyl sites for hydroxylation is 1. The number of nitrogens with one attached hydrogen (secondary N) is 1. The number of halogens is 1. The Hall–Kier alpha value is -1.91. The number of ether oxygens (including phenoxy) is 1. The summed E-state index contributed by atoms with van der Waals surface area (Å²) in [4.78, 5) is 0. The smallest absolute Gasteiger partial charge is 0.127 e. The molecule has 4 heteroatoms. The predicted octanol–water partition coefficient (Wildman–Crippen LogP) is 2.80. The van der Waals surface area contributed by atoms with Crippen LogP contribution in [-0.4, -0.2) is 18.3 Å². The Labute approximate surface area is 124 Å². The molecule has 0 atom stereocenters. The van der Waals surface area contributed by atoms with Crippen LogP contribution in [0, 0.1) is 12.7 Å². The average Bonchev–Trinajstić information content (AvgIpc) is 2.50. The van der Waals surface area contributed by atoms with Gasteiger partial charge in [0, 0.05) is 24.2 Å². The number of aliphatic hydroxyl groups excluding tert-OH is 1. The first-order chi connectivity index (χ1) is 10.2. The van der Waals surface area contributed by atoms with E-state index in [9.17, 15) is 4.39 Å². The van der Waals surface area contributed by atoms with E-state index in [0.717, 1.165) is 16.9 Å². The van der Waals surface area contributed by atoms with Crippen LogP contribution in [0.15, 0.2) is 42.5 Å². The molecule has 2 aromatic carbocycles. The Morgan fingerprint density at radius 1 is 1.10 bits per heavy atom. The molecule has 112 valence electrons. The number of para-hydroxylation sites is 1. The second-order valence-corrected chi connectivity index (χ2v) is 4.88. The fraction of sp³-hybridized carbons (Fsp3) is 0.294. The Balaban J connectivity index is 1.95. The van der Waals surface area contributed by atoms with Gasteiger partial charge in [0.15, 0.2) is 0 Å². The largest absolute Gasteiger partial charge is 0.491 e. The summed E-state index contributed by atoms with van der Waals surface area (Å²) in [5.41, 5.74) is 2.68. The molecular formula is C17H20FNO2. The zero-order chi connectivity index (χ0) is 15.1. The van der Waals surface area contributed by atoms with Crippen LogP contribution in [0.4, 0.5) is 4.39 Å². The molecule has 0 fully saturated rings. The van der Waals surface area contributed by atoms with Crippen LogP contribution in [0.3, 0.4) is 0 Å². The second-order valence-electron chi connectivity index (χ2n) is 4.88. The molecule has 3 nitrogen and oxygen atoms in total. The Morgan fingerprint density at radius 2 is 1.86 bits per heavy atom. The fourth-order valence-electron chi connectivity index (χ4n) is 2.12. The molecule has 0 aliphatic rings. The summed E-state index contributed by atoms with van der Waals surface area (Å²) in [5, 5.41) is 12.0. The van der Waals surface area contributed by atoms with E-state index >= 15 is 0 Å². The molecule has 0 unspecified atom stereocenters. The minimum Gasteiger partial charge on any atom is -0.491 e. The Bertz CT molecular complexity index is 587. The molecule has 0 aliphatic carbocycles. The quantitative estimate of drug-likeness (QED) is 0.823. The van der Waals surface area contributed by atoms with Gasteiger partial charge >= 0.3 is 0 Å². The molecule has 0 bridgehead atoms. The molecular weight excluding hydrogens is 269 g/mol. The second kappa shape index (κ2) is 7.76. The lowest BCUT2D eigenvalue weighted by Crippen LogP contribution is -2.15. The first-order valence-corrected chi connectivity index (χ1v) is 6.98. The van der Waals surface area contributed by atoms with Crippen LogP contribution in [0.5, 0.6) is 5.75 Å². The maximum atomic E-state index is 13.6. The zero-order valence-electron chi connectivity index (χ0n) is 12.1. The third-order valence-corrected chi connectivity index (χ3v) is 3.15. The van der Waals surface area contributed by atoms with Crippen molar-refractivity contribution in [3.8, 4) is 5.75 Å². The van der Waals surface area contributed by atoms with Gasteiger partial charge in [-0.05, 0) is 19.1 Å². The third kappa shape index (κ3) is 4.55. The van der Waals surface area contributed by atoms with Gasteiger partial charge in [-0.15, -0.1) is 0 Å². The van der Waals surface area contributed by atoms with Crippen molar-refractivity contribution in [2.24, 2.45) is 0 Å². The summed E-state index contributed by atoms with van der Waals surface area (Å²) >= 11 is 0. The van der Waals surface area contributed by atoms with Crippen LogP contribution in [0.1, 0.15) is 16.7 Å². The van der Waals surface area contributed by atoms with Gasteiger partial charge in [0.25, 0.3) is 0 Å². The van der Waals surface area contributed by atoms with E-state index in [2.05, 4.69) is 5.32 Å². The maximum Gasteiger partial charge on any atom is 0.127 e. The van der Waals surface area contributed by atoms with E-state index in [4.69, 9.17) is 9.84 Å². The first kappa shape index (κ1) is 15.5. The summed E-state index contributed by atoms with van der Waals surface area (Å²) in [6.45, 7) is 3.23. The molecule has 21 heavy (non-hydrogen) atoms. The molecule has 0 saturated heterocycles. The minimum atomic E-state index is -0.196. The molecule has 0 radical (unpaired) electrons. The van der Waals surface area contributed by atoms with Gasteiger partial charge in [-0.1, -0.05) is 35.9 Å². The van der Waals surface area contributed by atoms with Gasteiger partial charge in [-0.25, -0.2) is 4.39 Å². The van der Waals surface area contributed by atoms with Gasteiger partial charge in [0.1, 0.15) is 18.2 Å². The highest BCUT2D eigenvalue weighted by Gasteiger charge is 2.05. The van der Waals surface area contributed by atoms with Gasteiger partial charge in [0.2, 0.25) is 0 Å². The normalized spacial score (nSPS) is 10.6. The number of hydrogen-bond donors (Lipinski definition) is 2. The Kier molecular flexibility index (Phi) is 5.72. The van der Waals surface area contributed by atoms with Crippen LogP contribution in [0.2, 0.25) is 0 Å². The molecule has 0 spiro atoms. The summed E-state index contributed by atoms with van der Waals surface area (Å²) in [6.07, 6.45) is 0. The lowest BCUT2D eigenvalue weighted by Gasteiger charge is -2.12. The van der Waals surface area contributed by atoms with Crippen molar-refractivity contribution in [2.75, 3.05) is 13.2 Å². The molecule has 0 heterocycles. The van der Waals surface area contributed by atoms with Gasteiger partial charge in [-0.2, -0.15) is 0 Å². The van der Waals surface area contributed by atoms with Gasteiger partial charge in [0.05, 0.1) is 6.61 Å². The van der Waals surface area contributed by atoms with Crippen LogP contribution in [-0.2, 0) is 13.1 Å². The molecule has 0 aromatic heterocycles. The van der Waals surface area contributed by atoms with E-state index in [-0.39, 0.29) is 19.0 Å². The van der Waals surface area contributed by atoms with E-state index in [0.29, 0.717) is 18.7 Å². The lowest BCUT2D eigenvalue weighted by atomic mass is 10.1. The predicted molar refractivity (Wildman–Crippen MR) is 80.7 cm³/mol.